The van der Waals surface area contributed by atoms with Crippen LogP contribution in [0.15, 0.2) is 30.9 Å². The van der Waals surface area contributed by atoms with Crippen molar-refractivity contribution in [2.75, 3.05) is 6.54 Å². The van der Waals surface area contributed by atoms with Crippen molar-refractivity contribution < 1.29 is 18.5 Å². The molecule has 1 aliphatic heterocycles. The van der Waals surface area contributed by atoms with Crippen molar-refractivity contribution >= 4 is 23.4 Å². The van der Waals surface area contributed by atoms with Crippen molar-refractivity contribution in [2.24, 2.45) is 17.4 Å². The zero-order valence-electron chi connectivity index (χ0n) is 17.2. The summed E-state index contributed by atoms with van der Waals surface area (Å²) in [6.45, 7) is -0.0980. The van der Waals surface area contributed by atoms with Crippen LogP contribution in [0.2, 0.25) is 5.02 Å². The fourth-order valence-corrected chi connectivity index (χ4v) is 5.41. The fourth-order valence-electron chi connectivity index (χ4n) is 5.21. The van der Waals surface area contributed by atoms with E-state index in [1.165, 1.54) is 12.7 Å². The van der Waals surface area contributed by atoms with Crippen LogP contribution in [0.4, 0.5) is 4.39 Å². The third-order valence-corrected chi connectivity index (χ3v) is 6.95. The molecule has 2 unspecified atom stereocenters. The minimum absolute atomic E-state index is 0.0313. The molecule has 2 heterocycles. The lowest BCUT2D eigenvalue weighted by molar-refractivity contribution is -0.872. The zero-order valence-corrected chi connectivity index (χ0v) is 17.9. The number of quaternary nitrogens is 1. The lowest BCUT2D eigenvalue weighted by Gasteiger charge is -2.38. The average molecular weight is 450 g/mol. The third-order valence-electron chi connectivity index (χ3n) is 6.72. The highest BCUT2D eigenvalue weighted by Crippen LogP contribution is 2.37. The number of hydrogen-bond donors (Lipinski definition) is 2. The van der Waals surface area contributed by atoms with E-state index in [9.17, 15) is 14.0 Å². The molecule has 31 heavy (non-hydrogen) atoms. The summed E-state index contributed by atoms with van der Waals surface area (Å²) in [6.07, 6.45) is 5.23. The van der Waals surface area contributed by atoms with E-state index in [-0.39, 0.29) is 31.3 Å². The number of hydrogen-bond acceptors (Lipinski definition) is 5. The maximum absolute atomic E-state index is 14.7. The molecular formula is C21H27ClFN6O2+. The first-order chi connectivity index (χ1) is 14.8. The second-order valence-corrected chi connectivity index (χ2v) is 9.08. The minimum atomic E-state index is -1.33. The minimum Gasteiger partial charge on any atom is -0.364 e. The van der Waals surface area contributed by atoms with Gasteiger partial charge in [0.1, 0.15) is 31.8 Å². The summed E-state index contributed by atoms with van der Waals surface area (Å²) in [5, 5.41) is 4.62. The van der Waals surface area contributed by atoms with Gasteiger partial charge in [-0.25, -0.2) is 23.3 Å². The highest BCUT2D eigenvalue weighted by molar-refractivity contribution is 6.30. The zero-order chi connectivity index (χ0) is 22.2. The van der Waals surface area contributed by atoms with Crippen LogP contribution in [0.5, 0.6) is 0 Å². The van der Waals surface area contributed by atoms with Crippen LogP contribution in [0.25, 0.3) is 5.69 Å². The van der Waals surface area contributed by atoms with Crippen LogP contribution in [-0.4, -0.2) is 55.9 Å². The van der Waals surface area contributed by atoms with Crippen molar-refractivity contribution in [3.63, 3.8) is 0 Å². The number of nitrogens with two attached hydrogens (primary N) is 2. The van der Waals surface area contributed by atoms with Crippen molar-refractivity contribution in [1.82, 2.24) is 14.8 Å². The molecule has 4 rings (SSSR count). The molecule has 2 fully saturated rings. The Morgan fingerprint density at radius 1 is 1.32 bits per heavy atom. The SMILES string of the molecule is NC(=O)C1C[C@@H](F)C[N+]1(Cc1cc(Cl)ccc1-n1cncn1)C(=O)[C@H](N)C1CCCC1. The predicted octanol–water partition coefficient (Wildman–Crippen LogP) is 1.88. The number of rotatable bonds is 6. The Labute approximate surface area is 184 Å². The smallest absolute Gasteiger partial charge is 0.331 e. The standard InChI is InChI=1S/C21H26ClFN6O2/c22-15-5-6-17(28-12-26-11-27-28)14(7-15)9-29(10-16(23)8-18(29)20(25)30)21(31)19(24)13-3-1-2-4-13/h5-7,11-13,16,18-19H,1-4,8-10,24H2,(H-,25,30)/p+1/t16-,18?,19-,29?/m1/s1. The maximum Gasteiger partial charge on any atom is 0.331 e. The number of primary amides is 1. The van der Waals surface area contributed by atoms with Gasteiger partial charge >= 0.3 is 5.91 Å². The van der Waals surface area contributed by atoms with E-state index in [0.717, 1.165) is 25.7 Å². The molecule has 1 aromatic heterocycles. The van der Waals surface area contributed by atoms with Crippen LogP contribution in [0, 0.1) is 5.92 Å². The lowest BCUT2D eigenvalue weighted by Crippen LogP contribution is -2.65. The summed E-state index contributed by atoms with van der Waals surface area (Å²) in [4.78, 5) is 30.2. The number of nitrogens with zero attached hydrogens (tertiary/aromatic N) is 4. The molecule has 0 bridgehead atoms. The molecule has 8 nitrogen and oxygen atoms in total. The van der Waals surface area contributed by atoms with E-state index < -0.39 is 28.6 Å². The van der Waals surface area contributed by atoms with E-state index >= 15 is 0 Å². The fraction of sp³-hybridized carbons (Fsp3) is 0.524. The van der Waals surface area contributed by atoms with Crippen molar-refractivity contribution in [1.29, 1.82) is 0 Å². The van der Waals surface area contributed by atoms with Gasteiger partial charge in [-0.1, -0.05) is 24.4 Å². The monoisotopic (exact) mass is 449 g/mol. The van der Waals surface area contributed by atoms with Gasteiger partial charge in [0.2, 0.25) is 0 Å². The van der Waals surface area contributed by atoms with Gasteiger partial charge in [-0.2, -0.15) is 5.10 Å². The Kier molecular flexibility index (Phi) is 6.09. The number of carbonyl (C=O) groups excluding carboxylic acids is 2. The first-order valence-electron chi connectivity index (χ1n) is 10.6. The van der Waals surface area contributed by atoms with Gasteiger partial charge < -0.3 is 11.5 Å². The van der Waals surface area contributed by atoms with Gasteiger partial charge in [0, 0.05) is 17.0 Å². The van der Waals surface area contributed by atoms with Crippen LogP contribution >= 0.6 is 11.6 Å². The summed E-state index contributed by atoms with van der Waals surface area (Å²) in [5.74, 6) is -0.999. The quantitative estimate of drug-likeness (QED) is 0.653. The molecule has 2 amide bonds. The Hall–Kier alpha value is -2.36. The molecule has 0 radical (unpaired) electrons. The number of alkyl halides is 1. The normalized spacial score (nSPS) is 27.5. The largest absolute Gasteiger partial charge is 0.364 e. The third kappa shape index (κ3) is 4.09. The van der Waals surface area contributed by atoms with Gasteiger partial charge in [-0.05, 0) is 37.0 Å². The molecule has 4 N–H and O–H groups in total. The number of likely N-dealkylation sites (tertiary alicyclic amines) is 1. The molecule has 1 aliphatic carbocycles. The molecule has 0 spiro atoms. The number of aromatic nitrogens is 3. The maximum atomic E-state index is 14.7. The van der Waals surface area contributed by atoms with Gasteiger partial charge in [0.05, 0.1) is 5.69 Å². The average Bonchev–Trinajstić information content (AvgIpc) is 3.48. The van der Waals surface area contributed by atoms with Crippen molar-refractivity contribution in [3.8, 4) is 5.69 Å². The highest BCUT2D eigenvalue weighted by atomic mass is 35.5. The summed E-state index contributed by atoms with van der Waals surface area (Å²) >= 11 is 6.25. The molecular weight excluding hydrogens is 423 g/mol. The molecule has 1 saturated heterocycles. The Morgan fingerprint density at radius 2 is 2.06 bits per heavy atom. The molecule has 166 valence electrons. The Balaban J connectivity index is 1.79. The summed E-state index contributed by atoms with van der Waals surface area (Å²) in [7, 11) is 0. The first-order valence-corrected chi connectivity index (χ1v) is 10.9. The van der Waals surface area contributed by atoms with Crippen LogP contribution in [-0.2, 0) is 16.1 Å². The van der Waals surface area contributed by atoms with Crippen LogP contribution in [0.3, 0.4) is 0 Å². The van der Waals surface area contributed by atoms with Gasteiger partial charge in [0.15, 0.2) is 12.2 Å². The van der Waals surface area contributed by atoms with E-state index in [1.807, 2.05) is 0 Å². The summed E-state index contributed by atoms with van der Waals surface area (Å²) < 4.78 is 15.8. The van der Waals surface area contributed by atoms with Crippen molar-refractivity contribution in [3.05, 3.63) is 41.4 Å². The lowest BCUT2D eigenvalue weighted by atomic mass is 9.95. The molecule has 4 atom stereocenters. The molecule has 1 saturated carbocycles. The van der Waals surface area contributed by atoms with Crippen molar-refractivity contribution in [2.45, 2.75) is 56.9 Å². The molecule has 2 aliphatic rings. The number of benzene rings is 1. The highest BCUT2D eigenvalue weighted by Gasteiger charge is 2.57. The first kappa shape index (κ1) is 21.9. The van der Waals surface area contributed by atoms with E-state index in [0.29, 0.717) is 16.3 Å². The topological polar surface area (TPSA) is 117 Å². The number of halogens is 2. The molecule has 1 aromatic carbocycles. The molecule has 2 aromatic rings. The molecule has 10 heteroatoms. The Morgan fingerprint density at radius 3 is 2.71 bits per heavy atom. The second kappa shape index (κ2) is 8.64. The van der Waals surface area contributed by atoms with E-state index in [1.54, 1.807) is 22.9 Å². The second-order valence-electron chi connectivity index (χ2n) is 8.65. The number of carbonyl (C=O) groups is 2. The summed E-state index contributed by atoms with van der Waals surface area (Å²) in [6, 6.07) is 3.40. The Bertz CT molecular complexity index is 965. The van der Waals surface area contributed by atoms with Crippen LogP contribution in [0.1, 0.15) is 37.7 Å². The van der Waals surface area contributed by atoms with E-state index in [4.69, 9.17) is 23.1 Å². The van der Waals surface area contributed by atoms with Crippen LogP contribution < -0.4 is 11.5 Å². The predicted molar refractivity (Wildman–Crippen MR) is 113 cm³/mol. The number of amides is 2. The van der Waals surface area contributed by atoms with E-state index in [2.05, 4.69) is 10.1 Å². The summed E-state index contributed by atoms with van der Waals surface area (Å²) in [5.41, 5.74) is 13.4. The van der Waals surface area contributed by atoms with Gasteiger partial charge in [-0.15, -0.1) is 0 Å². The van der Waals surface area contributed by atoms with Gasteiger partial charge in [0.25, 0.3) is 5.91 Å². The van der Waals surface area contributed by atoms with Gasteiger partial charge in [-0.3, -0.25) is 4.79 Å².